The predicted octanol–water partition coefficient (Wildman–Crippen LogP) is 14.6. The molecule has 9 rings (SSSR count). The number of carbonyl (C=O) groups excluding carboxylic acids is 3. The molecule has 0 bridgehead atoms. The first kappa shape index (κ1) is 109. The molecule has 1 fully saturated rings. The molecule has 1 saturated heterocycles. The number of aliphatic hydroxyl groups excluding tert-OH is 2. The van der Waals surface area contributed by atoms with Crippen LogP contribution in [0.4, 0.5) is 20.2 Å². The van der Waals surface area contributed by atoms with Crippen LogP contribution in [0.25, 0.3) is 44.8 Å². The number of nitrogens with one attached hydrogen (secondary N) is 2. The fraction of sp³-hybridized carbons (Fsp3) is 0.525. The Kier molecular flexibility index (Phi) is 49.2. The van der Waals surface area contributed by atoms with E-state index in [1.807, 2.05) is 162 Å². The Bertz CT molecular complexity index is 4660. The summed E-state index contributed by atoms with van der Waals surface area (Å²) < 4.78 is 132. The average molecular weight is 1860 g/mol. The van der Waals surface area contributed by atoms with E-state index in [-0.39, 0.29) is 93.7 Å². The summed E-state index contributed by atoms with van der Waals surface area (Å²) >= 11 is 0. The first-order valence-electron chi connectivity index (χ1n) is 46.0. The van der Waals surface area contributed by atoms with Crippen LogP contribution in [0.15, 0.2) is 158 Å². The topological polar surface area (TPSA) is 372 Å². The van der Waals surface area contributed by atoms with Crippen molar-refractivity contribution in [3.8, 4) is 56.3 Å². The average Bonchev–Trinajstić information content (AvgIpc) is 1.59. The van der Waals surface area contributed by atoms with Crippen LogP contribution >= 0.6 is 0 Å². The number of aliphatic carboxylic acids is 1. The Hall–Kier alpha value is -9.50. The van der Waals surface area contributed by atoms with E-state index in [2.05, 4.69) is 29.0 Å². The molecule has 732 valence electrons. The van der Waals surface area contributed by atoms with Gasteiger partial charge in [-0.05, 0) is 125 Å². The highest BCUT2D eigenvalue weighted by Crippen LogP contribution is 2.48. The number of aromatic nitrogens is 2. The van der Waals surface area contributed by atoms with E-state index in [1.165, 1.54) is 24.3 Å². The molecule has 6 aromatic carbocycles. The van der Waals surface area contributed by atoms with E-state index < -0.39 is 53.7 Å². The number of carboxylic acid groups (broad SMARTS) is 1. The molecule has 3 heterocycles. The highest BCUT2D eigenvalue weighted by molar-refractivity contribution is 6.14. The van der Waals surface area contributed by atoms with Gasteiger partial charge >= 0.3 is 11.9 Å². The van der Waals surface area contributed by atoms with Crippen molar-refractivity contribution in [2.24, 2.45) is 11.5 Å². The first-order chi connectivity index (χ1) is 64.3. The summed E-state index contributed by atoms with van der Waals surface area (Å²) in [6.45, 7) is 29.0. The molecule has 32 heteroatoms. The lowest BCUT2D eigenvalue weighted by molar-refractivity contribution is -0.301. The van der Waals surface area contributed by atoms with Crippen LogP contribution in [0.1, 0.15) is 145 Å². The molecule has 0 radical (unpaired) electrons. The first-order valence-corrected chi connectivity index (χ1v) is 46.0. The third-order valence-corrected chi connectivity index (χ3v) is 20.5. The van der Waals surface area contributed by atoms with Crippen LogP contribution in [0, 0.1) is 11.6 Å². The highest BCUT2D eigenvalue weighted by atomic mass is 19.1. The molecule has 2 aromatic heterocycles. The zero-order valence-electron chi connectivity index (χ0n) is 78.7. The number of rotatable bonds is 64. The standard InChI is InChI=1S/C54H76FN3O12.C47H64FN3O12/c1-39(2)50-49(52(60)57-42-16-12-9-13-17-42)48(40-14-10-8-11-15-40)51(58(50)22-20-43-37-44(69-54(6,7)68-43)38-47(59)70-53(3,4)5)45-19-18-41(55)36-46(45)67-35-34-66-33-32-65-31-30-64-29-28-63-27-26-62-25-24-61-23-21-56;1-34(2)45-44(47(56)50-37-11-7-4-8-12-37)43(35-9-5-3-6-10-35)46(51(45)17-15-38(52)32-39(53)33-42(54)55)40-14-13-36(48)31-41(40)63-30-29-62-28-27-61-26-25-60-24-23-59-22-21-58-20-19-57-18-16-49/h8-19,36,39,43-44H,20-35,37-38,56H2,1-7H3,(H,57,60);3-14,31,34,38-39,52-53H,15-30,32-33,49H2,1-2H3,(H,50,56)(H,54,55)/t43-,44-;38-,39-/m11/s1. The number of hydrogen-bond acceptors (Lipinski definition) is 25. The van der Waals surface area contributed by atoms with Gasteiger partial charge in [-0.2, -0.15) is 0 Å². The summed E-state index contributed by atoms with van der Waals surface area (Å²) in [6, 6.07) is 46.3. The number of carbonyl (C=O) groups is 4. The number of hydrogen-bond donors (Lipinski definition) is 7. The molecule has 1 aliphatic heterocycles. The Morgan fingerprint density at radius 1 is 0.459 bits per heavy atom. The summed E-state index contributed by atoms with van der Waals surface area (Å²) in [7, 11) is 0. The molecule has 0 saturated carbocycles. The lowest BCUT2D eigenvalue weighted by Crippen LogP contribution is -2.46. The fourth-order valence-electron chi connectivity index (χ4n) is 15.1. The molecule has 1 aliphatic rings. The highest BCUT2D eigenvalue weighted by Gasteiger charge is 2.40. The largest absolute Gasteiger partial charge is 0.490 e. The van der Waals surface area contributed by atoms with E-state index in [0.717, 1.165) is 16.8 Å². The van der Waals surface area contributed by atoms with Gasteiger partial charge < -0.3 is 127 Å². The monoisotopic (exact) mass is 1860 g/mol. The van der Waals surface area contributed by atoms with Gasteiger partial charge in [-0.25, -0.2) is 8.78 Å². The third kappa shape index (κ3) is 39.0. The lowest BCUT2D eigenvalue weighted by Gasteiger charge is -2.41. The van der Waals surface area contributed by atoms with E-state index >= 15 is 8.78 Å². The second-order valence-corrected chi connectivity index (χ2v) is 33.5. The second kappa shape index (κ2) is 60.1. The van der Waals surface area contributed by atoms with Crippen molar-refractivity contribution in [3.63, 3.8) is 0 Å². The molecular weight excluding hydrogens is 1720 g/mol. The van der Waals surface area contributed by atoms with Crippen LogP contribution in [-0.4, -0.2) is 269 Å². The summed E-state index contributed by atoms with van der Waals surface area (Å²) in [6.07, 6.45) is -2.57. The number of anilines is 2. The fourth-order valence-corrected chi connectivity index (χ4v) is 15.1. The summed E-state index contributed by atoms with van der Waals surface area (Å²) in [5, 5.41) is 36.7. The van der Waals surface area contributed by atoms with Gasteiger partial charge in [-0.15, -0.1) is 0 Å². The summed E-state index contributed by atoms with van der Waals surface area (Å²) in [4.78, 5) is 53.5. The summed E-state index contributed by atoms with van der Waals surface area (Å²) in [5.41, 5.74) is 18.9. The molecule has 2 amide bonds. The molecule has 133 heavy (non-hydrogen) atoms. The number of carboxylic acids is 1. The number of halogens is 2. The van der Waals surface area contributed by atoms with Crippen molar-refractivity contribution in [1.29, 1.82) is 0 Å². The van der Waals surface area contributed by atoms with Crippen LogP contribution in [0.2, 0.25) is 0 Å². The number of aliphatic hydroxyl groups is 2. The van der Waals surface area contributed by atoms with Crippen molar-refractivity contribution >= 4 is 35.1 Å². The van der Waals surface area contributed by atoms with Gasteiger partial charge in [-0.1, -0.05) is 125 Å². The maximum absolute atomic E-state index is 15.3. The zero-order valence-corrected chi connectivity index (χ0v) is 78.7. The number of ether oxygens (including phenoxy) is 17. The smallest absolute Gasteiger partial charge is 0.308 e. The number of benzene rings is 6. The van der Waals surface area contributed by atoms with Crippen molar-refractivity contribution in [3.05, 3.63) is 192 Å². The van der Waals surface area contributed by atoms with Gasteiger partial charge in [0.25, 0.3) is 11.8 Å². The third-order valence-electron chi connectivity index (χ3n) is 20.5. The molecule has 9 N–H and O–H groups in total. The molecular formula is C101H140F2N6O24. The van der Waals surface area contributed by atoms with E-state index in [4.69, 9.17) is 97.1 Å². The second-order valence-electron chi connectivity index (χ2n) is 33.5. The number of amides is 2. The van der Waals surface area contributed by atoms with E-state index in [9.17, 15) is 29.4 Å². The van der Waals surface area contributed by atoms with Crippen LogP contribution in [0.5, 0.6) is 11.5 Å². The lowest BCUT2D eigenvalue weighted by atomic mass is 9.94. The van der Waals surface area contributed by atoms with Crippen LogP contribution in [0.3, 0.4) is 0 Å². The Morgan fingerprint density at radius 3 is 1.13 bits per heavy atom. The molecule has 8 aromatic rings. The number of nitrogens with two attached hydrogens (primary N) is 2. The SMILES string of the molecule is CC(C)c1c(C(=O)Nc2ccccc2)c(-c2ccccc2)c(-c2ccc(F)cc2OCCOCCOCCOCCOCCOCCOCCN)n1CC[C@@H](O)C[C@@H](O)CC(=O)O.CC(C)c1c(C(=O)Nc2ccccc2)c(-c2ccccc2)c(-c2ccc(F)cc2OCCOCCOCCOCCOCCOCCOCCN)n1CC[C@@H]1C[C@H](CC(=O)OC(C)(C)C)OC(C)(C)O1. The van der Waals surface area contributed by atoms with Crippen molar-refractivity contribution in [2.75, 3.05) is 196 Å². The minimum atomic E-state index is -1.25. The summed E-state index contributed by atoms with van der Waals surface area (Å²) in [5.74, 6) is -3.99. The van der Waals surface area contributed by atoms with Gasteiger partial charge in [0.1, 0.15) is 41.9 Å². The maximum Gasteiger partial charge on any atom is 0.308 e. The van der Waals surface area contributed by atoms with Gasteiger partial charge in [-0.3, -0.25) is 19.2 Å². The molecule has 0 aliphatic carbocycles. The number of nitrogens with zero attached hydrogens (tertiary/aromatic N) is 2. The number of para-hydroxylation sites is 2. The van der Waals surface area contributed by atoms with Crippen molar-refractivity contribution < 1.29 is 124 Å². The maximum atomic E-state index is 15.3. The van der Waals surface area contributed by atoms with Crippen molar-refractivity contribution in [1.82, 2.24) is 9.13 Å². The van der Waals surface area contributed by atoms with Gasteiger partial charge in [0.2, 0.25) is 0 Å². The normalized spacial score (nSPS) is 14.2. The Balaban J connectivity index is 0.000000329. The van der Waals surface area contributed by atoms with Gasteiger partial charge in [0.15, 0.2) is 5.79 Å². The zero-order chi connectivity index (χ0) is 95.6. The molecule has 0 unspecified atom stereocenters. The van der Waals surface area contributed by atoms with Gasteiger partial charge in [0.05, 0.1) is 218 Å². The quantitative estimate of drug-likeness (QED) is 0.0137. The van der Waals surface area contributed by atoms with Crippen molar-refractivity contribution in [2.45, 2.75) is 162 Å². The molecule has 0 spiro atoms. The Labute approximate surface area is 781 Å². The minimum Gasteiger partial charge on any atom is -0.490 e. The molecule has 30 nitrogen and oxygen atoms in total. The van der Waals surface area contributed by atoms with E-state index in [0.29, 0.717) is 245 Å². The van der Waals surface area contributed by atoms with E-state index in [1.54, 1.807) is 24.3 Å². The Morgan fingerprint density at radius 2 is 0.789 bits per heavy atom. The van der Waals surface area contributed by atoms with Crippen LogP contribution in [-0.2, 0) is 93.7 Å². The predicted molar refractivity (Wildman–Crippen MR) is 503 cm³/mol. The number of esters is 1. The van der Waals surface area contributed by atoms with Gasteiger partial charge in [0, 0.05) is 89.7 Å². The molecule has 4 atom stereocenters. The minimum absolute atomic E-state index is 0.0760. The van der Waals surface area contributed by atoms with Crippen LogP contribution < -0.4 is 31.6 Å².